The molecular formula is C19H21F2N3O4. The number of ether oxygens (including phenoxy) is 1. The van der Waals surface area contributed by atoms with Crippen molar-refractivity contribution in [3.05, 3.63) is 41.2 Å². The Morgan fingerprint density at radius 1 is 1.29 bits per heavy atom. The van der Waals surface area contributed by atoms with E-state index in [1.165, 1.54) is 11.0 Å². The number of benzene rings is 1. The van der Waals surface area contributed by atoms with Gasteiger partial charge in [-0.1, -0.05) is 13.3 Å². The molecule has 9 heteroatoms. The van der Waals surface area contributed by atoms with Gasteiger partial charge in [-0.3, -0.25) is 14.3 Å². The van der Waals surface area contributed by atoms with Crippen molar-refractivity contribution in [1.82, 2.24) is 9.55 Å². The van der Waals surface area contributed by atoms with Crippen molar-refractivity contribution in [1.29, 1.82) is 0 Å². The predicted octanol–water partition coefficient (Wildman–Crippen LogP) is 4.00. The molecule has 0 saturated heterocycles. The summed E-state index contributed by atoms with van der Waals surface area (Å²) in [7, 11) is 0. The molecule has 0 unspecified atom stereocenters. The summed E-state index contributed by atoms with van der Waals surface area (Å²) in [5, 5.41) is 9.13. The van der Waals surface area contributed by atoms with E-state index in [0.717, 1.165) is 31.4 Å². The highest BCUT2D eigenvalue weighted by Gasteiger charge is 2.30. The molecular weight excluding hydrogens is 372 g/mol. The fourth-order valence-electron chi connectivity index (χ4n) is 3.21. The molecule has 28 heavy (non-hydrogen) atoms. The second-order valence-corrected chi connectivity index (χ2v) is 6.57. The second kappa shape index (κ2) is 8.37. The summed E-state index contributed by atoms with van der Waals surface area (Å²) >= 11 is 0. The number of hydrogen-bond acceptors (Lipinski definition) is 4. The molecule has 1 aliphatic heterocycles. The predicted molar refractivity (Wildman–Crippen MR) is 96.8 cm³/mol. The van der Waals surface area contributed by atoms with Crippen LogP contribution >= 0.6 is 0 Å². The van der Waals surface area contributed by atoms with Crippen LogP contribution in [0.15, 0.2) is 18.2 Å². The number of aromatic nitrogens is 2. The minimum atomic E-state index is -1.51. The number of anilines is 1. The number of nitrogens with zero attached hydrogens (tertiary/aromatic N) is 3. The molecule has 0 radical (unpaired) electrons. The smallest absolute Gasteiger partial charge is 0.449 e. The van der Waals surface area contributed by atoms with Crippen LogP contribution in [0.1, 0.15) is 48.8 Å². The van der Waals surface area contributed by atoms with Gasteiger partial charge < -0.3 is 9.84 Å². The lowest BCUT2D eigenvalue weighted by molar-refractivity contribution is 0.0982. The minimum Gasteiger partial charge on any atom is -0.449 e. The van der Waals surface area contributed by atoms with E-state index in [2.05, 4.69) is 4.98 Å². The number of fused-ring (bicyclic) bond motifs is 1. The van der Waals surface area contributed by atoms with Gasteiger partial charge in [0, 0.05) is 25.1 Å². The zero-order valence-electron chi connectivity index (χ0n) is 15.5. The Balaban J connectivity index is 2.05. The number of rotatable bonds is 6. The van der Waals surface area contributed by atoms with Crippen LogP contribution in [0.4, 0.5) is 19.4 Å². The van der Waals surface area contributed by atoms with E-state index in [4.69, 9.17) is 9.84 Å². The maximum Gasteiger partial charge on any atom is 0.512 e. The number of hydrogen-bond donors (Lipinski definition) is 1. The van der Waals surface area contributed by atoms with E-state index in [0.29, 0.717) is 25.2 Å². The highest BCUT2D eigenvalue weighted by molar-refractivity contribution is 6.06. The van der Waals surface area contributed by atoms with E-state index in [9.17, 15) is 18.4 Å². The molecule has 0 saturated carbocycles. The SMILES string of the molecule is CCCCN(C(=O)c1ccc(F)c(F)c1)c1nc2n(c1OC(=O)O)CCCC2. The fraction of sp³-hybridized carbons (Fsp3) is 0.421. The normalized spacial score (nSPS) is 13.1. The first-order valence-corrected chi connectivity index (χ1v) is 9.19. The highest BCUT2D eigenvalue weighted by Crippen LogP contribution is 2.34. The topological polar surface area (TPSA) is 84.7 Å². The lowest BCUT2D eigenvalue weighted by Crippen LogP contribution is -2.33. The number of carbonyl (C=O) groups is 2. The number of unbranched alkanes of at least 4 members (excludes halogenated alkanes) is 1. The first kappa shape index (κ1) is 19.8. The summed E-state index contributed by atoms with van der Waals surface area (Å²) < 4.78 is 33.5. The number of aryl methyl sites for hydroxylation is 1. The summed E-state index contributed by atoms with van der Waals surface area (Å²) in [4.78, 5) is 30.0. The Hall–Kier alpha value is -2.97. The molecule has 0 atom stereocenters. The van der Waals surface area contributed by atoms with E-state index in [1.807, 2.05) is 6.92 Å². The maximum absolute atomic E-state index is 13.6. The molecule has 1 aliphatic rings. The average molecular weight is 393 g/mol. The van der Waals surface area contributed by atoms with Gasteiger partial charge >= 0.3 is 6.16 Å². The first-order valence-electron chi connectivity index (χ1n) is 9.19. The quantitative estimate of drug-likeness (QED) is 0.750. The molecule has 2 heterocycles. The molecule has 0 fully saturated rings. The molecule has 1 N–H and O–H groups in total. The van der Waals surface area contributed by atoms with Crippen molar-refractivity contribution in [3.63, 3.8) is 0 Å². The van der Waals surface area contributed by atoms with E-state index >= 15 is 0 Å². The van der Waals surface area contributed by atoms with Crippen LogP contribution in [-0.2, 0) is 13.0 Å². The van der Waals surface area contributed by atoms with Gasteiger partial charge in [-0.25, -0.2) is 18.6 Å². The standard InChI is InChI=1S/C19H21F2N3O4/c1-2-3-9-24(17(25)12-7-8-13(20)14(21)11-12)16-18(28-19(26)27)23-10-5-4-6-15(23)22-16/h7-8,11H,2-6,9-10H2,1H3,(H,26,27). The lowest BCUT2D eigenvalue weighted by Gasteiger charge is -2.21. The van der Waals surface area contributed by atoms with Gasteiger partial charge in [0.2, 0.25) is 0 Å². The monoisotopic (exact) mass is 393 g/mol. The summed E-state index contributed by atoms with van der Waals surface area (Å²) in [6, 6.07) is 2.89. The van der Waals surface area contributed by atoms with E-state index in [1.54, 1.807) is 4.57 Å². The number of carbonyl (C=O) groups excluding carboxylic acids is 1. The van der Waals surface area contributed by atoms with Crippen LogP contribution in [0, 0.1) is 11.6 Å². The van der Waals surface area contributed by atoms with Crippen molar-refractivity contribution in [2.75, 3.05) is 11.4 Å². The third-order valence-electron chi connectivity index (χ3n) is 4.60. The second-order valence-electron chi connectivity index (χ2n) is 6.57. The van der Waals surface area contributed by atoms with E-state index < -0.39 is 23.7 Å². The molecule has 1 aromatic carbocycles. The van der Waals surface area contributed by atoms with Crippen LogP contribution in [-0.4, -0.2) is 33.3 Å². The average Bonchev–Trinajstić information content (AvgIpc) is 3.02. The van der Waals surface area contributed by atoms with Crippen molar-refractivity contribution in [2.24, 2.45) is 0 Å². The summed E-state index contributed by atoms with van der Waals surface area (Å²) in [5.41, 5.74) is -0.0535. The molecule has 1 aromatic heterocycles. The molecule has 2 aromatic rings. The van der Waals surface area contributed by atoms with E-state index in [-0.39, 0.29) is 23.8 Å². The Labute approximate surface area is 160 Å². The maximum atomic E-state index is 13.6. The molecule has 1 amide bonds. The Kier molecular flexibility index (Phi) is 5.91. The van der Waals surface area contributed by atoms with Gasteiger partial charge in [0.15, 0.2) is 17.5 Å². The van der Waals surface area contributed by atoms with Crippen molar-refractivity contribution in [3.8, 4) is 5.88 Å². The van der Waals surface area contributed by atoms with Crippen molar-refractivity contribution in [2.45, 2.75) is 45.6 Å². The van der Waals surface area contributed by atoms with Crippen LogP contribution in [0.2, 0.25) is 0 Å². The minimum absolute atomic E-state index is 0.0192. The Bertz CT molecular complexity index is 898. The van der Waals surface area contributed by atoms with Gasteiger partial charge in [0.1, 0.15) is 5.82 Å². The molecule has 0 aliphatic carbocycles. The molecule has 3 rings (SSSR count). The first-order chi connectivity index (χ1) is 13.4. The molecule has 150 valence electrons. The fourth-order valence-corrected chi connectivity index (χ4v) is 3.21. The van der Waals surface area contributed by atoms with Gasteiger partial charge in [-0.2, -0.15) is 0 Å². The number of imidazole rings is 1. The van der Waals surface area contributed by atoms with Gasteiger partial charge in [-0.15, -0.1) is 0 Å². The third kappa shape index (κ3) is 3.97. The Morgan fingerprint density at radius 2 is 2.07 bits per heavy atom. The largest absolute Gasteiger partial charge is 0.512 e. The number of carboxylic acid groups (broad SMARTS) is 1. The van der Waals surface area contributed by atoms with Crippen LogP contribution in [0.3, 0.4) is 0 Å². The third-order valence-corrected chi connectivity index (χ3v) is 4.60. The lowest BCUT2D eigenvalue weighted by atomic mass is 10.1. The van der Waals surface area contributed by atoms with Crippen LogP contribution in [0.5, 0.6) is 5.88 Å². The summed E-state index contributed by atoms with van der Waals surface area (Å²) in [6.07, 6.45) is 2.25. The van der Waals surface area contributed by atoms with Crippen molar-refractivity contribution < 1.29 is 28.2 Å². The van der Waals surface area contributed by atoms with Crippen LogP contribution < -0.4 is 9.64 Å². The summed E-state index contributed by atoms with van der Waals surface area (Å²) in [5.74, 6) is -2.08. The van der Waals surface area contributed by atoms with Gasteiger partial charge in [0.25, 0.3) is 11.8 Å². The summed E-state index contributed by atoms with van der Waals surface area (Å²) in [6.45, 7) is 2.71. The molecule has 0 spiro atoms. The van der Waals surface area contributed by atoms with Gasteiger partial charge in [0.05, 0.1) is 0 Å². The Morgan fingerprint density at radius 3 is 2.75 bits per heavy atom. The highest BCUT2D eigenvalue weighted by atomic mass is 19.2. The van der Waals surface area contributed by atoms with Crippen LogP contribution in [0.25, 0.3) is 0 Å². The molecule has 7 nitrogen and oxygen atoms in total. The number of halogens is 2. The number of amides is 1. The molecule has 0 bridgehead atoms. The zero-order valence-corrected chi connectivity index (χ0v) is 15.5. The van der Waals surface area contributed by atoms with Crippen molar-refractivity contribution >= 4 is 17.9 Å². The van der Waals surface area contributed by atoms with Gasteiger partial charge in [-0.05, 0) is 37.5 Å². The zero-order chi connectivity index (χ0) is 20.3.